The smallest absolute Gasteiger partial charge is 0.277 e. The number of carbonyl (C=O) groups is 2. The average molecular weight is 410 g/mol. The van der Waals surface area contributed by atoms with Gasteiger partial charge in [0.05, 0.1) is 25.4 Å². The minimum Gasteiger partial charge on any atom is -0.494 e. The molecule has 0 radical (unpaired) electrons. The lowest BCUT2D eigenvalue weighted by Gasteiger charge is -2.14. The molecule has 0 aliphatic carbocycles. The maximum absolute atomic E-state index is 12.8. The molecule has 0 spiro atoms. The van der Waals surface area contributed by atoms with E-state index in [9.17, 15) is 9.59 Å². The Morgan fingerprint density at radius 2 is 1.43 bits per heavy atom. The fraction of sp³-hybridized carbons (Fsp3) is 0.304. The molecule has 1 aliphatic rings. The van der Waals surface area contributed by atoms with Gasteiger partial charge >= 0.3 is 0 Å². The topological polar surface area (TPSA) is 77.1 Å². The molecule has 3 rings (SSSR count). The van der Waals surface area contributed by atoms with Crippen LogP contribution in [-0.4, -0.2) is 43.6 Å². The minimum absolute atomic E-state index is 0.221. The third kappa shape index (κ3) is 4.25. The highest BCUT2D eigenvalue weighted by Gasteiger charge is 2.36. The summed E-state index contributed by atoms with van der Waals surface area (Å²) >= 11 is 0. The fourth-order valence-corrected chi connectivity index (χ4v) is 3.18. The number of nitrogens with one attached hydrogen (secondary N) is 1. The van der Waals surface area contributed by atoms with Crippen molar-refractivity contribution in [1.29, 1.82) is 0 Å². The van der Waals surface area contributed by atoms with E-state index >= 15 is 0 Å². The zero-order chi connectivity index (χ0) is 21.7. The molecule has 2 aromatic rings. The highest BCUT2D eigenvalue weighted by atomic mass is 16.5. The van der Waals surface area contributed by atoms with Crippen LogP contribution in [0.2, 0.25) is 0 Å². The van der Waals surface area contributed by atoms with Crippen LogP contribution in [0.3, 0.4) is 0 Å². The summed E-state index contributed by atoms with van der Waals surface area (Å²) in [6.45, 7) is 7.22. The van der Waals surface area contributed by atoms with Crippen LogP contribution in [0, 0.1) is 0 Å². The summed E-state index contributed by atoms with van der Waals surface area (Å²) < 4.78 is 16.7. The first-order chi connectivity index (χ1) is 14.5. The summed E-state index contributed by atoms with van der Waals surface area (Å²) in [5, 5.41) is 3.11. The van der Waals surface area contributed by atoms with Crippen molar-refractivity contribution in [2.75, 3.05) is 32.2 Å². The zero-order valence-electron chi connectivity index (χ0n) is 17.7. The lowest BCUT2D eigenvalue weighted by Crippen LogP contribution is -2.27. The lowest BCUT2D eigenvalue weighted by molar-refractivity contribution is -0.135. The van der Waals surface area contributed by atoms with Crippen molar-refractivity contribution < 1.29 is 23.8 Å². The standard InChI is InChI=1S/C23H26N2O5/c1-5-28-17-11-8-15(9-12-17)20-21(23(27)25(4)22(20)26)24-16-10-13-18(29-6-2)19(14-16)30-7-3/h8-14,24H,5-7H2,1-4H3. The summed E-state index contributed by atoms with van der Waals surface area (Å²) in [4.78, 5) is 26.6. The quantitative estimate of drug-likeness (QED) is 0.635. The van der Waals surface area contributed by atoms with Crippen molar-refractivity contribution in [1.82, 2.24) is 4.90 Å². The summed E-state index contributed by atoms with van der Waals surface area (Å²) in [6.07, 6.45) is 0. The SMILES string of the molecule is CCOc1ccc(C2=C(Nc3ccc(OCC)c(OCC)c3)C(=O)N(C)C2=O)cc1. The molecule has 1 aliphatic heterocycles. The van der Waals surface area contributed by atoms with E-state index in [2.05, 4.69) is 5.32 Å². The van der Waals surface area contributed by atoms with Crippen molar-refractivity contribution in [3.63, 3.8) is 0 Å². The van der Waals surface area contributed by atoms with Crippen molar-refractivity contribution in [3.05, 3.63) is 53.7 Å². The molecule has 1 N–H and O–H groups in total. The molecule has 2 aromatic carbocycles. The summed E-state index contributed by atoms with van der Waals surface area (Å²) in [5.74, 6) is 1.14. The summed E-state index contributed by atoms with van der Waals surface area (Å²) in [6, 6.07) is 12.4. The summed E-state index contributed by atoms with van der Waals surface area (Å²) in [5.41, 5.74) is 1.80. The van der Waals surface area contributed by atoms with Gasteiger partial charge in [-0.15, -0.1) is 0 Å². The number of benzene rings is 2. The first-order valence-electron chi connectivity index (χ1n) is 9.96. The van der Waals surface area contributed by atoms with Gasteiger partial charge in [0.1, 0.15) is 11.4 Å². The largest absolute Gasteiger partial charge is 0.494 e. The Hall–Kier alpha value is -3.48. The van der Waals surface area contributed by atoms with Gasteiger partial charge in [-0.2, -0.15) is 0 Å². The van der Waals surface area contributed by atoms with Crippen LogP contribution in [0.5, 0.6) is 17.2 Å². The molecule has 0 unspecified atom stereocenters. The molecule has 0 bridgehead atoms. The lowest BCUT2D eigenvalue weighted by atomic mass is 10.0. The van der Waals surface area contributed by atoms with E-state index in [-0.39, 0.29) is 11.6 Å². The number of hydrogen-bond donors (Lipinski definition) is 1. The highest BCUT2D eigenvalue weighted by Crippen LogP contribution is 2.34. The van der Waals surface area contributed by atoms with Gasteiger partial charge < -0.3 is 19.5 Å². The second-order valence-electron chi connectivity index (χ2n) is 6.53. The number of nitrogens with zero attached hydrogens (tertiary/aromatic N) is 1. The molecular formula is C23H26N2O5. The Kier molecular flexibility index (Phi) is 6.61. The second kappa shape index (κ2) is 9.35. The van der Waals surface area contributed by atoms with Crippen LogP contribution in [0.25, 0.3) is 5.57 Å². The van der Waals surface area contributed by atoms with E-state index in [1.54, 1.807) is 42.5 Å². The predicted molar refractivity (Wildman–Crippen MR) is 115 cm³/mol. The van der Waals surface area contributed by atoms with Crippen molar-refractivity contribution in [2.45, 2.75) is 20.8 Å². The Morgan fingerprint density at radius 3 is 2.07 bits per heavy atom. The van der Waals surface area contributed by atoms with Crippen molar-refractivity contribution in [3.8, 4) is 17.2 Å². The fourth-order valence-electron chi connectivity index (χ4n) is 3.18. The van der Waals surface area contributed by atoms with Gasteiger partial charge in [-0.25, -0.2) is 0 Å². The van der Waals surface area contributed by atoms with Crippen LogP contribution >= 0.6 is 0 Å². The maximum Gasteiger partial charge on any atom is 0.277 e. The van der Waals surface area contributed by atoms with E-state index in [1.807, 2.05) is 20.8 Å². The number of likely N-dealkylation sites (N-methyl/N-ethyl adjacent to an activating group) is 1. The molecule has 7 nitrogen and oxygen atoms in total. The number of carbonyl (C=O) groups excluding carboxylic acids is 2. The molecule has 1 heterocycles. The third-order valence-electron chi connectivity index (χ3n) is 4.55. The first-order valence-corrected chi connectivity index (χ1v) is 9.96. The second-order valence-corrected chi connectivity index (χ2v) is 6.53. The monoisotopic (exact) mass is 410 g/mol. The minimum atomic E-state index is -0.393. The van der Waals surface area contributed by atoms with Gasteiger partial charge in [-0.05, 0) is 50.6 Å². The van der Waals surface area contributed by atoms with E-state index in [1.165, 1.54) is 7.05 Å². The summed E-state index contributed by atoms with van der Waals surface area (Å²) in [7, 11) is 1.47. The van der Waals surface area contributed by atoms with E-state index in [4.69, 9.17) is 14.2 Å². The molecular weight excluding hydrogens is 384 g/mol. The molecule has 7 heteroatoms. The van der Waals surface area contributed by atoms with E-state index in [0.717, 1.165) is 4.90 Å². The zero-order valence-corrected chi connectivity index (χ0v) is 17.7. The molecule has 2 amide bonds. The van der Waals surface area contributed by atoms with E-state index in [0.29, 0.717) is 53.9 Å². The maximum atomic E-state index is 12.8. The molecule has 0 atom stereocenters. The molecule has 158 valence electrons. The first kappa shape index (κ1) is 21.2. The van der Waals surface area contributed by atoms with Crippen LogP contribution in [0.4, 0.5) is 5.69 Å². The Labute approximate surface area is 176 Å². The number of ether oxygens (including phenoxy) is 3. The molecule has 0 aromatic heterocycles. The normalized spacial score (nSPS) is 13.7. The third-order valence-corrected chi connectivity index (χ3v) is 4.55. The number of imide groups is 1. The van der Waals surface area contributed by atoms with Crippen molar-refractivity contribution in [2.24, 2.45) is 0 Å². The van der Waals surface area contributed by atoms with Gasteiger partial charge in [0.15, 0.2) is 11.5 Å². The predicted octanol–water partition coefficient (Wildman–Crippen LogP) is 3.70. The molecule has 0 saturated carbocycles. The number of anilines is 1. The van der Waals surface area contributed by atoms with Gasteiger partial charge in [0.25, 0.3) is 11.8 Å². The molecule has 30 heavy (non-hydrogen) atoms. The van der Waals surface area contributed by atoms with E-state index < -0.39 is 5.91 Å². The molecule has 0 saturated heterocycles. The highest BCUT2D eigenvalue weighted by molar-refractivity contribution is 6.36. The molecule has 0 fully saturated rings. The van der Waals surface area contributed by atoms with Crippen LogP contribution in [-0.2, 0) is 9.59 Å². The van der Waals surface area contributed by atoms with Gasteiger partial charge in [-0.1, -0.05) is 12.1 Å². The number of rotatable bonds is 9. The van der Waals surface area contributed by atoms with Crippen molar-refractivity contribution >= 4 is 23.1 Å². The Bertz CT molecular complexity index is 966. The Balaban J connectivity index is 1.99. The van der Waals surface area contributed by atoms with Gasteiger partial charge in [0, 0.05) is 18.8 Å². The number of amides is 2. The van der Waals surface area contributed by atoms with Gasteiger partial charge in [-0.3, -0.25) is 14.5 Å². The average Bonchev–Trinajstić information content (AvgIpc) is 2.95. The van der Waals surface area contributed by atoms with Crippen LogP contribution < -0.4 is 19.5 Å². The van der Waals surface area contributed by atoms with Crippen LogP contribution in [0.15, 0.2) is 48.2 Å². The Morgan fingerprint density at radius 1 is 0.800 bits per heavy atom. The van der Waals surface area contributed by atoms with Crippen LogP contribution in [0.1, 0.15) is 26.3 Å². The van der Waals surface area contributed by atoms with Gasteiger partial charge in [0.2, 0.25) is 0 Å². The number of hydrogen-bond acceptors (Lipinski definition) is 6.